The summed E-state index contributed by atoms with van der Waals surface area (Å²) in [6.07, 6.45) is 6.05. The lowest BCUT2D eigenvalue weighted by atomic mass is 10.1. The Bertz CT molecular complexity index is 657. The van der Waals surface area contributed by atoms with E-state index in [1.54, 1.807) is 0 Å². The van der Waals surface area contributed by atoms with Gasteiger partial charge in [-0.1, -0.05) is 32.6 Å². The lowest BCUT2D eigenvalue weighted by Crippen LogP contribution is -2.16. The fourth-order valence-electron chi connectivity index (χ4n) is 3.57. The molecule has 0 saturated heterocycles. The molecule has 0 aliphatic heterocycles. The van der Waals surface area contributed by atoms with Crippen molar-refractivity contribution in [3.8, 4) is 0 Å². The van der Waals surface area contributed by atoms with Gasteiger partial charge < -0.3 is 61.6 Å². The molecule has 0 fully saturated rings. The number of unbranched alkanes of at least 4 members (excludes halogenated alkanes) is 4. The molecule has 0 spiro atoms. The van der Waals surface area contributed by atoms with Gasteiger partial charge in [-0.25, -0.2) is 4.79 Å². The Labute approximate surface area is 287 Å². The van der Waals surface area contributed by atoms with E-state index >= 15 is 0 Å². The molecule has 286 valence electrons. The molecule has 0 saturated carbocycles. The third kappa shape index (κ3) is 40.7. The zero-order valence-electron chi connectivity index (χ0n) is 29.6. The first kappa shape index (κ1) is 46.5. The average Bonchev–Trinajstić information content (AvgIpc) is 3.09. The summed E-state index contributed by atoms with van der Waals surface area (Å²) in [4.78, 5) is 22.5. The quantitative estimate of drug-likeness (QED) is 0.0676. The molecule has 0 aliphatic rings. The minimum absolute atomic E-state index is 0.0733. The molecule has 15 heteroatoms. The highest BCUT2D eigenvalue weighted by atomic mass is 16.6. The standard InChI is InChI=1S/C33H64O15/c1-3-4-5-6-7-8-32(34)48-30-29-46-26-25-44-22-21-42-18-17-40-14-13-38-10-9-37-11-12-39-15-16-41-19-20-43-23-24-45-27-28-47-31-33(35)36-2/h3-31H2,1-2H3. The molecule has 0 aromatic rings. The molecule has 0 amide bonds. The number of ether oxygens (including phenoxy) is 13. The van der Waals surface area contributed by atoms with Gasteiger partial charge in [0.2, 0.25) is 0 Å². The monoisotopic (exact) mass is 700 g/mol. The van der Waals surface area contributed by atoms with Crippen molar-refractivity contribution >= 4 is 11.9 Å². The second kappa shape index (κ2) is 41.7. The van der Waals surface area contributed by atoms with Crippen LogP contribution in [0.15, 0.2) is 0 Å². The molecule has 15 nitrogen and oxygen atoms in total. The van der Waals surface area contributed by atoms with E-state index in [-0.39, 0.29) is 19.2 Å². The summed E-state index contributed by atoms with van der Waals surface area (Å²) < 4.78 is 69.0. The maximum absolute atomic E-state index is 11.6. The van der Waals surface area contributed by atoms with Crippen LogP contribution in [0.25, 0.3) is 0 Å². The Morgan fingerprint density at radius 1 is 0.354 bits per heavy atom. The number of methoxy groups -OCH3 is 1. The predicted octanol–water partition coefficient (Wildman–Crippen LogP) is 2.25. The third-order valence-corrected chi connectivity index (χ3v) is 6.14. The number of hydrogen-bond donors (Lipinski definition) is 0. The summed E-state index contributed by atoms with van der Waals surface area (Å²) in [5.41, 5.74) is 0. The number of carbonyl (C=O) groups excluding carboxylic acids is 2. The summed E-state index contributed by atoms with van der Waals surface area (Å²) in [7, 11) is 1.31. The van der Waals surface area contributed by atoms with E-state index in [9.17, 15) is 9.59 Å². The van der Waals surface area contributed by atoms with Crippen LogP contribution in [0, 0.1) is 0 Å². The number of esters is 2. The van der Waals surface area contributed by atoms with Crippen LogP contribution in [0.2, 0.25) is 0 Å². The average molecular weight is 701 g/mol. The molecule has 48 heavy (non-hydrogen) atoms. The number of rotatable bonds is 41. The molecule has 0 aliphatic carbocycles. The SMILES string of the molecule is CCCCCCCC(=O)OCCOCCOCCOCCOCCOCCOCCOCCOCCOCCOCCOCC(=O)OC. The van der Waals surface area contributed by atoms with Crippen molar-refractivity contribution < 1.29 is 71.2 Å². The smallest absolute Gasteiger partial charge is 0.331 e. The van der Waals surface area contributed by atoms with Gasteiger partial charge in [0.05, 0.1) is 146 Å². The maximum Gasteiger partial charge on any atom is 0.331 e. The van der Waals surface area contributed by atoms with Gasteiger partial charge in [0.25, 0.3) is 0 Å². The van der Waals surface area contributed by atoms with Crippen LogP contribution in [0.5, 0.6) is 0 Å². The van der Waals surface area contributed by atoms with Crippen molar-refractivity contribution in [2.75, 3.05) is 159 Å². The highest BCUT2D eigenvalue weighted by molar-refractivity contribution is 5.70. The molecule has 0 heterocycles. The summed E-state index contributed by atoms with van der Waals surface area (Å²) in [6.45, 7) is 12.1. The van der Waals surface area contributed by atoms with Crippen LogP contribution in [-0.2, 0) is 71.2 Å². The van der Waals surface area contributed by atoms with Crippen molar-refractivity contribution in [2.24, 2.45) is 0 Å². The van der Waals surface area contributed by atoms with Gasteiger partial charge in [0.1, 0.15) is 13.2 Å². The van der Waals surface area contributed by atoms with Gasteiger partial charge >= 0.3 is 11.9 Å². The fraction of sp³-hybridized carbons (Fsp3) is 0.939. The summed E-state index contributed by atoms with van der Waals surface area (Å²) in [5.74, 6) is -0.562. The largest absolute Gasteiger partial charge is 0.467 e. The van der Waals surface area contributed by atoms with Crippen molar-refractivity contribution in [1.29, 1.82) is 0 Å². The molecule has 0 rings (SSSR count). The Hall–Kier alpha value is -1.50. The van der Waals surface area contributed by atoms with Gasteiger partial charge in [-0.2, -0.15) is 0 Å². The van der Waals surface area contributed by atoms with E-state index in [1.807, 2.05) is 0 Å². The zero-order chi connectivity index (χ0) is 34.9. The van der Waals surface area contributed by atoms with E-state index in [0.29, 0.717) is 145 Å². The second-order valence-corrected chi connectivity index (χ2v) is 10.1. The van der Waals surface area contributed by atoms with Crippen molar-refractivity contribution in [1.82, 2.24) is 0 Å². The highest BCUT2D eigenvalue weighted by Gasteiger charge is 2.03. The second-order valence-electron chi connectivity index (χ2n) is 10.1. The Morgan fingerprint density at radius 3 is 0.958 bits per heavy atom. The first-order valence-electron chi connectivity index (χ1n) is 17.3. The van der Waals surface area contributed by atoms with E-state index < -0.39 is 5.97 Å². The van der Waals surface area contributed by atoms with Crippen LogP contribution in [0.4, 0.5) is 0 Å². The molecular weight excluding hydrogens is 636 g/mol. The molecule has 0 N–H and O–H groups in total. The van der Waals surface area contributed by atoms with Crippen LogP contribution >= 0.6 is 0 Å². The van der Waals surface area contributed by atoms with Gasteiger partial charge in [-0.05, 0) is 6.42 Å². The first-order chi connectivity index (χ1) is 23.7. The van der Waals surface area contributed by atoms with E-state index in [0.717, 1.165) is 12.8 Å². The Kier molecular flexibility index (Phi) is 40.4. The molecule has 0 atom stereocenters. The molecule has 0 aromatic heterocycles. The van der Waals surface area contributed by atoms with E-state index in [1.165, 1.54) is 26.4 Å². The summed E-state index contributed by atoms with van der Waals surface area (Å²) >= 11 is 0. The lowest BCUT2D eigenvalue weighted by Gasteiger charge is -2.09. The van der Waals surface area contributed by atoms with Crippen molar-refractivity contribution in [2.45, 2.75) is 45.4 Å². The van der Waals surface area contributed by atoms with Gasteiger partial charge in [0.15, 0.2) is 0 Å². The van der Waals surface area contributed by atoms with Gasteiger partial charge in [0, 0.05) is 6.42 Å². The first-order valence-corrected chi connectivity index (χ1v) is 17.3. The lowest BCUT2D eigenvalue weighted by molar-refractivity contribution is -0.146. The molecule has 0 aromatic carbocycles. The molecule has 0 radical (unpaired) electrons. The van der Waals surface area contributed by atoms with Crippen LogP contribution in [0.3, 0.4) is 0 Å². The predicted molar refractivity (Wildman–Crippen MR) is 175 cm³/mol. The molecule has 0 bridgehead atoms. The Morgan fingerprint density at radius 2 is 0.646 bits per heavy atom. The Balaban J connectivity index is 3.10. The summed E-state index contributed by atoms with van der Waals surface area (Å²) in [6, 6.07) is 0. The van der Waals surface area contributed by atoms with E-state index in [4.69, 9.17) is 56.8 Å². The zero-order valence-corrected chi connectivity index (χ0v) is 29.6. The molecular formula is C33H64O15. The van der Waals surface area contributed by atoms with Crippen LogP contribution in [-0.4, -0.2) is 171 Å². The minimum atomic E-state index is -0.410. The van der Waals surface area contributed by atoms with Gasteiger partial charge in [-0.15, -0.1) is 0 Å². The fourth-order valence-corrected chi connectivity index (χ4v) is 3.57. The summed E-state index contributed by atoms with van der Waals surface area (Å²) in [5, 5.41) is 0. The van der Waals surface area contributed by atoms with Crippen LogP contribution in [0.1, 0.15) is 45.4 Å². The van der Waals surface area contributed by atoms with E-state index in [2.05, 4.69) is 11.7 Å². The van der Waals surface area contributed by atoms with Gasteiger partial charge in [-0.3, -0.25) is 4.79 Å². The van der Waals surface area contributed by atoms with Crippen LogP contribution < -0.4 is 0 Å². The maximum atomic E-state index is 11.6. The number of carbonyl (C=O) groups is 2. The highest BCUT2D eigenvalue weighted by Crippen LogP contribution is 2.05. The normalized spacial score (nSPS) is 11.3. The minimum Gasteiger partial charge on any atom is -0.467 e. The molecule has 0 unspecified atom stereocenters. The number of hydrogen-bond acceptors (Lipinski definition) is 15. The topological polar surface area (TPSA) is 154 Å². The third-order valence-electron chi connectivity index (χ3n) is 6.14. The van der Waals surface area contributed by atoms with Crippen molar-refractivity contribution in [3.05, 3.63) is 0 Å². The van der Waals surface area contributed by atoms with Crippen molar-refractivity contribution in [3.63, 3.8) is 0 Å².